The van der Waals surface area contributed by atoms with E-state index in [0.29, 0.717) is 11.4 Å². The van der Waals surface area contributed by atoms with Gasteiger partial charge in [0.2, 0.25) is 0 Å². The van der Waals surface area contributed by atoms with Crippen LogP contribution in [0.4, 0.5) is 10.6 Å². The molecule has 0 saturated carbocycles. The summed E-state index contributed by atoms with van der Waals surface area (Å²) in [5.74, 6) is 0.435. The molecule has 1 heterocycles. The summed E-state index contributed by atoms with van der Waals surface area (Å²) in [5, 5.41) is 5.60. The second kappa shape index (κ2) is 7.10. The molecule has 0 atom stereocenters. The smallest absolute Gasteiger partial charge is 0.404 e. The molecule has 2 amide bonds. The largest absolute Gasteiger partial charge is 0.448 e. The van der Waals surface area contributed by atoms with Gasteiger partial charge in [-0.15, -0.1) is 0 Å². The van der Waals surface area contributed by atoms with Gasteiger partial charge in [0.05, 0.1) is 12.1 Å². The van der Waals surface area contributed by atoms with E-state index in [2.05, 4.69) is 20.4 Å². The number of anilines is 1. The van der Waals surface area contributed by atoms with Crippen LogP contribution >= 0.6 is 0 Å². The predicted molar refractivity (Wildman–Crippen MR) is 66.3 cm³/mol. The van der Waals surface area contributed by atoms with Crippen molar-refractivity contribution < 1.29 is 14.3 Å². The van der Waals surface area contributed by atoms with E-state index in [1.54, 1.807) is 12.1 Å². The molecule has 0 saturated heterocycles. The summed E-state index contributed by atoms with van der Waals surface area (Å²) in [7, 11) is 0. The van der Waals surface area contributed by atoms with Crippen LogP contribution in [-0.2, 0) is 4.74 Å². The number of amides is 2. The number of nitrogens with one attached hydrogen (secondary N) is 2. The number of carbonyl (C=O) groups is 2. The Labute approximate surface area is 105 Å². The van der Waals surface area contributed by atoms with Crippen molar-refractivity contribution in [2.24, 2.45) is 5.73 Å². The number of nitrogens with two attached hydrogens (primary N) is 1. The molecule has 1 aromatic rings. The zero-order chi connectivity index (χ0) is 13.4. The molecule has 0 unspecified atom stereocenters. The Morgan fingerprint density at radius 3 is 2.78 bits per heavy atom. The molecule has 18 heavy (non-hydrogen) atoms. The highest BCUT2D eigenvalue weighted by Gasteiger charge is 2.05. The van der Waals surface area contributed by atoms with Crippen LogP contribution in [0.5, 0.6) is 0 Å². The van der Waals surface area contributed by atoms with Gasteiger partial charge in [0.25, 0.3) is 5.91 Å². The molecule has 0 aromatic carbocycles. The average molecular weight is 252 g/mol. The van der Waals surface area contributed by atoms with Crippen LogP contribution < -0.4 is 16.4 Å². The highest BCUT2D eigenvalue weighted by atomic mass is 16.5. The normalized spacial score (nSPS) is 9.61. The molecular formula is C11H16N4O3. The fourth-order valence-corrected chi connectivity index (χ4v) is 1.23. The van der Waals surface area contributed by atoms with Gasteiger partial charge in [-0.05, 0) is 19.1 Å². The zero-order valence-electron chi connectivity index (χ0n) is 10.1. The Hall–Kier alpha value is -2.31. The number of primary amides is 1. The van der Waals surface area contributed by atoms with Crippen molar-refractivity contribution in [1.82, 2.24) is 10.3 Å². The van der Waals surface area contributed by atoms with E-state index in [0.717, 1.165) is 6.54 Å². The van der Waals surface area contributed by atoms with Crippen LogP contribution in [-0.4, -0.2) is 36.7 Å². The number of ether oxygens (including phenoxy) is 1. The molecule has 1 rings (SSSR count). The molecule has 1 aromatic heterocycles. The lowest BCUT2D eigenvalue weighted by molar-refractivity contribution is 0.0936. The standard InChI is InChI=1S/C11H16N4O3/c1-2-13-9-4-3-8(7-15-9)10(16)14-5-6-18-11(12)17/h3-4,7H,2,5-6H2,1H3,(H2,12,17)(H,13,15)(H,14,16). The van der Waals surface area contributed by atoms with Crippen molar-refractivity contribution in [2.45, 2.75) is 6.92 Å². The summed E-state index contributed by atoms with van der Waals surface area (Å²) in [6, 6.07) is 3.38. The number of pyridine rings is 1. The number of carbonyl (C=O) groups excluding carboxylic acids is 2. The van der Waals surface area contributed by atoms with Gasteiger partial charge >= 0.3 is 6.09 Å². The Morgan fingerprint density at radius 1 is 1.44 bits per heavy atom. The van der Waals surface area contributed by atoms with Gasteiger partial charge in [-0.1, -0.05) is 0 Å². The number of nitrogens with zero attached hydrogens (tertiary/aromatic N) is 1. The Morgan fingerprint density at radius 2 is 2.22 bits per heavy atom. The minimum Gasteiger partial charge on any atom is -0.448 e. The molecule has 0 aliphatic rings. The first-order chi connectivity index (χ1) is 8.63. The quantitative estimate of drug-likeness (QED) is 0.633. The third-order valence-corrected chi connectivity index (χ3v) is 2.02. The minimum absolute atomic E-state index is 0.0456. The first-order valence-electron chi connectivity index (χ1n) is 5.54. The molecule has 0 radical (unpaired) electrons. The zero-order valence-corrected chi connectivity index (χ0v) is 10.1. The maximum absolute atomic E-state index is 11.6. The molecule has 4 N–H and O–H groups in total. The van der Waals surface area contributed by atoms with E-state index in [1.165, 1.54) is 6.20 Å². The van der Waals surface area contributed by atoms with Crippen molar-refractivity contribution >= 4 is 17.8 Å². The maximum Gasteiger partial charge on any atom is 0.404 e. The van der Waals surface area contributed by atoms with Crippen LogP contribution in [0.15, 0.2) is 18.3 Å². The van der Waals surface area contributed by atoms with Crippen LogP contribution in [0.25, 0.3) is 0 Å². The minimum atomic E-state index is -0.860. The van der Waals surface area contributed by atoms with Gasteiger partial charge in [0, 0.05) is 12.7 Å². The van der Waals surface area contributed by atoms with Crippen molar-refractivity contribution in [3.63, 3.8) is 0 Å². The van der Waals surface area contributed by atoms with E-state index in [-0.39, 0.29) is 19.1 Å². The first kappa shape index (κ1) is 13.8. The number of rotatable bonds is 6. The van der Waals surface area contributed by atoms with E-state index < -0.39 is 6.09 Å². The predicted octanol–water partition coefficient (Wildman–Crippen LogP) is 0.338. The number of hydrogen-bond acceptors (Lipinski definition) is 5. The molecule has 0 fully saturated rings. The molecule has 98 valence electrons. The second-order valence-electron chi connectivity index (χ2n) is 3.39. The summed E-state index contributed by atoms with van der Waals surface area (Å²) in [6.07, 6.45) is 0.614. The molecular weight excluding hydrogens is 236 g/mol. The second-order valence-corrected chi connectivity index (χ2v) is 3.39. The topological polar surface area (TPSA) is 106 Å². The summed E-state index contributed by atoms with van der Waals surface area (Å²) < 4.78 is 4.48. The Balaban J connectivity index is 2.39. The van der Waals surface area contributed by atoms with Crippen molar-refractivity contribution in [2.75, 3.05) is 25.0 Å². The van der Waals surface area contributed by atoms with E-state index in [1.807, 2.05) is 6.92 Å². The van der Waals surface area contributed by atoms with Crippen LogP contribution in [0.3, 0.4) is 0 Å². The third kappa shape index (κ3) is 4.69. The van der Waals surface area contributed by atoms with Crippen LogP contribution in [0.1, 0.15) is 17.3 Å². The molecule has 0 aliphatic heterocycles. The highest BCUT2D eigenvalue weighted by Crippen LogP contribution is 2.04. The van der Waals surface area contributed by atoms with Gasteiger partial charge in [-0.3, -0.25) is 4.79 Å². The van der Waals surface area contributed by atoms with Crippen LogP contribution in [0, 0.1) is 0 Å². The fraction of sp³-hybridized carbons (Fsp3) is 0.364. The average Bonchev–Trinajstić information content (AvgIpc) is 2.35. The number of aromatic nitrogens is 1. The molecule has 0 aliphatic carbocycles. The monoisotopic (exact) mass is 252 g/mol. The van der Waals surface area contributed by atoms with Crippen molar-refractivity contribution in [3.05, 3.63) is 23.9 Å². The lowest BCUT2D eigenvalue weighted by atomic mass is 10.2. The summed E-state index contributed by atoms with van der Waals surface area (Å²) in [6.45, 7) is 2.98. The molecule has 0 bridgehead atoms. The maximum atomic E-state index is 11.6. The molecule has 0 spiro atoms. The van der Waals surface area contributed by atoms with Gasteiger partial charge in [-0.25, -0.2) is 9.78 Å². The lowest BCUT2D eigenvalue weighted by Gasteiger charge is -2.06. The summed E-state index contributed by atoms with van der Waals surface area (Å²) >= 11 is 0. The lowest BCUT2D eigenvalue weighted by Crippen LogP contribution is -2.29. The summed E-state index contributed by atoms with van der Waals surface area (Å²) in [5.41, 5.74) is 5.22. The van der Waals surface area contributed by atoms with Gasteiger partial charge < -0.3 is 21.1 Å². The van der Waals surface area contributed by atoms with Crippen molar-refractivity contribution in [1.29, 1.82) is 0 Å². The van der Waals surface area contributed by atoms with E-state index >= 15 is 0 Å². The van der Waals surface area contributed by atoms with Gasteiger partial charge in [0.15, 0.2) is 0 Å². The fourth-order valence-electron chi connectivity index (χ4n) is 1.23. The summed E-state index contributed by atoms with van der Waals surface area (Å²) in [4.78, 5) is 26.0. The van der Waals surface area contributed by atoms with Gasteiger partial charge in [-0.2, -0.15) is 0 Å². The van der Waals surface area contributed by atoms with Gasteiger partial charge in [0.1, 0.15) is 12.4 Å². The third-order valence-electron chi connectivity index (χ3n) is 2.02. The molecule has 7 nitrogen and oxygen atoms in total. The number of hydrogen-bond donors (Lipinski definition) is 3. The van der Waals surface area contributed by atoms with E-state index in [4.69, 9.17) is 5.73 Å². The molecule has 7 heteroatoms. The van der Waals surface area contributed by atoms with E-state index in [9.17, 15) is 9.59 Å². The van der Waals surface area contributed by atoms with Crippen LogP contribution in [0.2, 0.25) is 0 Å². The highest BCUT2D eigenvalue weighted by molar-refractivity contribution is 5.94. The van der Waals surface area contributed by atoms with Crippen molar-refractivity contribution in [3.8, 4) is 0 Å². The SMILES string of the molecule is CCNc1ccc(C(=O)NCCOC(N)=O)cn1. The Bertz CT molecular complexity index is 405. The first-order valence-corrected chi connectivity index (χ1v) is 5.54. The Kier molecular flexibility index (Phi) is 5.43.